The Bertz CT molecular complexity index is 576. The number of aliphatic hydroxyl groups excluding tert-OH is 1. The van der Waals surface area contributed by atoms with Gasteiger partial charge in [-0.05, 0) is 56.1 Å². The van der Waals surface area contributed by atoms with E-state index in [1.165, 1.54) is 0 Å². The van der Waals surface area contributed by atoms with Gasteiger partial charge in [-0.15, -0.1) is 0 Å². The average molecular weight is 345 g/mol. The number of likely N-dealkylation sites (tertiary alicyclic amines) is 1. The van der Waals surface area contributed by atoms with E-state index in [1.54, 1.807) is 6.20 Å². The maximum absolute atomic E-state index is 12.6. The summed E-state index contributed by atoms with van der Waals surface area (Å²) in [5.41, 5.74) is 0.744. The first-order chi connectivity index (χ1) is 12.0. The first-order valence-corrected chi connectivity index (χ1v) is 9.73. The summed E-state index contributed by atoms with van der Waals surface area (Å²) in [5.74, 6) is 1.93. The zero-order valence-corrected chi connectivity index (χ0v) is 15.5. The van der Waals surface area contributed by atoms with Gasteiger partial charge in [0, 0.05) is 37.9 Å². The molecule has 5 nitrogen and oxygen atoms in total. The molecule has 5 heteroatoms. The number of carbonyl (C=O) groups excluding carboxylic acids is 1. The zero-order valence-electron chi connectivity index (χ0n) is 15.5. The minimum atomic E-state index is -0.196. The molecule has 0 aliphatic carbocycles. The van der Waals surface area contributed by atoms with E-state index in [-0.39, 0.29) is 12.0 Å². The molecule has 1 aromatic rings. The Balaban J connectivity index is 1.60. The third kappa shape index (κ3) is 4.51. The molecular formula is C20H31N3O2. The molecule has 1 atom stereocenters. The minimum Gasteiger partial charge on any atom is -0.393 e. The highest BCUT2D eigenvalue weighted by Crippen LogP contribution is 2.27. The van der Waals surface area contributed by atoms with Gasteiger partial charge in [-0.1, -0.05) is 13.8 Å². The number of pyridine rings is 1. The molecule has 1 amide bonds. The van der Waals surface area contributed by atoms with E-state index in [2.05, 4.69) is 23.7 Å². The molecule has 0 spiro atoms. The Kier molecular flexibility index (Phi) is 5.94. The van der Waals surface area contributed by atoms with Crippen molar-refractivity contribution in [3.05, 3.63) is 23.9 Å². The maximum atomic E-state index is 12.6. The topological polar surface area (TPSA) is 56.7 Å². The van der Waals surface area contributed by atoms with Gasteiger partial charge in [-0.2, -0.15) is 0 Å². The van der Waals surface area contributed by atoms with Crippen LogP contribution in [-0.2, 0) is 0 Å². The molecule has 1 N–H and O–H groups in total. The lowest BCUT2D eigenvalue weighted by Gasteiger charge is -2.35. The summed E-state index contributed by atoms with van der Waals surface area (Å²) in [5, 5.41) is 10.4. The number of piperidine rings is 1. The number of rotatable bonds is 5. The monoisotopic (exact) mass is 345 g/mol. The van der Waals surface area contributed by atoms with Crippen LogP contribution < -0.4 is 4.90 Å². The van der Waals surface area contributed by atoms with Crippen LogP contribution in [0.2, 0.25) is 0 Å². The van der Waals surface area contributed by atoms with Gasteiger partial charge < -0.3 is 14.9 Å². The smallest absolute Gasteiger partial charge is 0.254 e. The summed E-state index contributed by atoms with van der Waals surface area (Å²) in [6, 6.07) is 3.76. The molecule has 0 unspecified atom stereocenters. The molecule has 2 fully saturated rings. The van der Waals surface area contributed by atoms with Crippen molar-refractivity contribution in [3.63, 3.8) is 0 Å². The van der Waals surface area contributed by atoms with Crippen LogP contribution in [0.5, 0.6) is 0 Å². The fourth-order valence-corrected chi connectivity index (χ4v) is 4.02. The summed E-state index contributed by atoms with van der Waals surface area (Å²) >= 11 is 0. The summed E-state index contributed by atoms with van der Waals surface area (Å²) in [7, 11) is 0. The lowest BCUT2D eigenvalue weighted by atomic mass is 9.87. The lowest BCUT2D eigenvalue weighted by Crippen LogP contribution is -2.38. The van der Waals surface area contributed by atoms with Crippen LogP contribution in [0, 0.1) is 11.8 Å². The predicted octanol–water partition coefficient (Wildman–Crippen LogP) is 2.94. The molecule has 138 valence electrons. The molecule has 25 heavy (non-hydrogen) atoms. The van der Waals surface area contributed by atoms with Crippen LogP contribution in [0.15, 0.2) is 18.3 Å². The highest BCUT2D eigenvalue weighted by molar-refractivity contribution is 5.95. The highest BCUT2D eigenvalue weighted by atomic mass is 16.3. The van der Waals surface area contributed by atoms with Crippen molar-refractivity contribution in [2.45, 2.75) is 52.1 Å². The Morgan fingerprint density at radius 1 is 1.24 bits per heavy atom. The van der Waals surface area contributed by atoms with Crippen molar-refractivity contribution in [1.82, 2.24) is 9.88 Å². The van der Waals surface area contributed by atoms with Crippen LogP contribution in [0.1, 0.15) is 56.3 Å². The van der Waals surface area contributed by atoms with E-state index in [9.17, 15) is 9.90 Å². The predicted molar refractivity (Wildman–Crippen MR) is 99.8 cm³/mol. The fourth-order valence-electron chi connectivity index (χ4n) is 4.02. The van der Waals surface area contributed by atoms with Crippen molar-refractivity contribution in [3.8, 4) is 0 Å². The molecule has 0 radical (unpaired) electrons. The maximum Gasteiger partial charge on any atom is 0.254 e. The third-order valence-electron chi connectivity index (χ3n) is 5.51. The second-order valence-electron chi connectivity index (χ2n) is 7.92. The first kappa shape index (κ1) is 18.2. The number of aromatic nitrogens is 1. The first-order valence-electron chi connectivity index (χ1n) is 9.73. The molecule has 1 aromatic heterocycles. The normalized spacial score (nSPS) is 20.3. The van der Waals surface area contributed by atoms with Gasteiger partial charge in [0.2, 0.25) is 0 Å². The summed E-state index contributed by atoms with van der Waals surface area (Å²) in [6.07, 6.45) is 6.62. The molecule has 2 aliphatic rings. The van der Waals surface area contributed by atoms with E-state index >= 15 is 0 Å². The molecule has 3 heterocycles. The largest absolute Gasteiger partial charge is 0.393 e. The van der Waals surface area contributed by atoms with E-state index in [1.807, 2.05) is 17.0 Å². The summed E-state index contributed by atoms with van der Waals surface area (Å²) in [6.45, 7) is 7.85. The fraction of sp³-hybridized carbons (Fsp3) is 0.700. The standard InChI is InChI=1S/C20H31N3O2/c1-15(2)13-18(24)16-6-11-22(12-7-16)19-14-17(5-8-21-19)20(25)23-9-3-4-10-23/h5,8,14-16,18,24H,3-4,6-7,9-13H2,1-2H3/t18-/m0/s1. The van der Waals surface area contributed by atoms with Gasteiger partial charge in [-0.25, -0.2) is 4.98 Å². The van der Waals surface area contributed by atoms with Crippen LogP contribution in [0.3, 0.4) is 0 Å². The van der Waals surface area contributed by atoms with Gasteiger partial charge in [-0.3, -0.25) is 4.79 Å². The number of carbonyl (C=O) groups is 1. The quantitative estimate of drug-likeness (QED) is 0.891. The van der Waals surface area contributed by atoms with Gasteiger partial charge in [0.1, 0.15) is 5.82 Å². The lowest BCUT2D eigenvalue weighted by molar-refractivity contribution is 0.0734. The van der Waals surface area contributed by atoms with Gasteiger partial charge in [0.15, 0.2) is 0 Å². The minimum absolute atomic E-state index is 0.128. The van der Waals surface area contributed by atoms with E-state index in [0.717, 1.165) is 69.7 Å². The molecule has 0 saturated carbocycles. The number of nitrogens with zero attached hydrogens (tertiary/aromatic N) is 3. The Morgan fingerprint density at radius 2 is 1.92 bits per heavy atom. The van der Waals surface area contributed by atoms with Gasteiger partial charge >= 0.3 is 0 Å². The van der Waals surface area contributed by atoms with E-state index < -0.39 is 0 Å². The molecule has 3 rings (SSSR count). The van der Waals surface area contributed by atoms with Gasteiger partial charge in [0.05, 0.1) is 6.10 Å². The molecule has 0 aromatic carbocycles. The molecular weight excluding hydrogens is 314 g/mol. The summed E-state index contributed by atoms with van der Waals surface area (Å²) < 4.78 is 0. The van der Waals surface area contributed by atoms with Crippen molar-refractivity contribution < 1.29 is 9.90 Å². The van der Waals surface area contributed by atoms with Crippen molar-refractivity contribution in [2.24, 2.45) is 11.8 Å². The van der Waals surface area contributed by atoms with Crippen LogP contribution in [0.4, 0.5) is 5.82 Å². The van der Waals surface area contributed by atoms with Crippen molar-refractivity contribution in [1.29, 1.82) is 0 Å². The number of anilines is 1. The van der Waals surface area contributed by atoms with E-state index in [4.69, 9.17) is 0 Å². The second kappa shape index (κ2) is 8.17. The number of amides is 1. The number of hydrogen-bond acceptors (Lipinski definition) is 4. The Hall–Kier alpha value is -1.62. The Labute approximate surface area is 151 Å². The second-order valence-corrected chi connectivity index (χ2v) is 7.92. The third-order valence-corrected chi connectivity index (χ3v) is 5.51. The highest BCUT2D eigenvalue weighted by Gasteiger charge is 2.27. The molecule has 2 saturated heterocycles. The van der Waals surface area contributed by atoms with E-state index in [0.29, 0.717) is 11.8 Å². The van der Waals surface area contributed by atoms with Crippen molar-refractivity contribution >= 4 is 11.7 Å². The SMILES string of the molecule is CC(C)C[C@H](O)C1CCN(c2cc(C(=O)N3CCCC3)ccn2)CC1. The van der Waals surface area contributed by atoms with Gasteiger partial charge in [0.25, 0.3) is 5.91 Å². The molecule has 0 bridgehead atoms. The number of aliphatic hydroxyl groups is 1. The van der Waals surface area contributed by atoms with Crippen LogP contribution in [-0.4, -0.2) is 53.2 Å². The summed E-state index contributed by atoms with van der Waals surface area (Å²) in [4.78, 5) is 21.2. The van der Waals surface area contributed by atoms with Crippen LogP contribution in [0.25, 0.3) is 0 Å². The molecule has 2 aliphatic heterocycles. The number of hydrogen-bond donors (Lipinski definition) is 1. The van der Waals surface area contributed by atoms with Crippen molar-refractivity contribution in [2.75, 3.05) is 31.1 Å². The zero-order chi connectivity index (χ0) is 17.8. The van der Waals surface area contributed by atoms with Crippen LogP contribution >= 0.6 is 0 Å². The Morgan fingerprint density at radius 3 is 2.56 bits per heavy atom. The average Bonchev–Trinajstić information content (AvgIpc) is 3.15.